The molecule has 6 nitrogen and oxygen atoms in total. The molecule has 154 valence electrons. The van der Waals surface area contributed by atoms with Gasteiger partial charge in [-0.15, -0.1) is 5.10 Å². The molecule has 3 heterocycles. The van der Waals surface area contributed by atoms with Crippen LogP contribution in [-0.4, -0.2) is 63.2 Å². The highest BCUT2D eigenvalue weighted by Crippen LogP contribution is 2.58. The highest BCUT2D eigenvalue weighted by atomic mass is 19.4. The minimum Gasteiger partial charge on any atom is -0.323 e. The average Bonchev–Trinajstić information content (AvgIpc) is 3.08. The summed E-state index contributed by atoms with van der Waals surface area (Å²) in [5, 5.41) is 7.83. The van der Waals surface area contributed by atoms with E-state index >= 15 is 0 Å². The van der Waals surface area contributed by atoms with Crippen LogP contribution in [0.15, 0.2) is 36.7 Å². The minimum absolute atomic E-state index is 0.0227. The first-order valence-corrected chi connectivity index (χ1v) is 9.94. The van der Waals surface area contributed by atoms with Gasteiger partial charge in [-0.25, -0.2) is 9.48 Å². The van der Waals surface area contributed by atoms with Gasteiger partial charge >= 0.3 is 12.2 Å². The zero-order valence-corrected chi connectivity index (χ0v) is 15.8. The zero-order chi connectivity index (χ0) is 20.2. The van der Waals surface area contributed by atoms with E-state index in [9.17, 15) is 18.0 Å². The lowest BCUT2D eigenvalue weighted by Crippen LogP contribution is -2.53. The Kier molecular flexibility index (Phi) is 4.11. The van der Waals surface area contributed by atoms with Crippen molar-refractivity contribution in [3.8, 4) is 0 Å². The van der Waals surface area contributed by atoms with E-state index < -0.39 is 11.6 Å². The standard InChI is InChI=1S/C20H22F3N5O/c21-20(22,23)19(6-7-19)16-3-1-14(2-4-16)15-11-27(12-15)18(29)26-9-5-17(13-26)28-10-8-24-25-28/h1-4,8,10,15,17H,5-7,9,11-13H2. The third kappa shape index (κ3) is 3.07. The lowest BCUT2D eigenvalue weighted by Gasteiger charge is -2.41. The highest BCUT2D eigenvalue weighted by Gasteiger charge is 2.64. The number of rotatable bonds is 3. The molecular weight excluding hydrogens is 383 g/mol. The summed E-state index contributed by atoms with van der Waals surface area (Å²) in [5.74, 6) is 0.183. The van der Waals surface area contributed by atoms with Crippen molar-refractivity contribution in [2.75, 3.05) is 26.2 Å². The number of benzene rings is 1. The Balaban J connectivity index is 1.17. The Bertz CT molecular complexity index is 886. The van der Waals surface area contributed by atoms with Crippen LogP contribution in [0.1, 0.15) is 42.3 Å². The van der Waals surface area contributed by atoms with Crippen molar-refractivity contribution in [1.29, 1.82) is 0 Å². The van der Waals surface area contributed by atoms with Gasteiger partial charge < -0.3 is 9.80 Å². The molecule has 1 atom stereocenters. The van der Waals surface area contributed by atoms with E-state index in [1.807, 2.05) is 11.1 Å². The van der Waals surface area contributed by atoms with E-state index in [-0.39, 0.29) is 30.8 Å². The largest absolute Gasteiger partial charge is 0.398 e. The second-order valence-corrected chi connectivity index (χ2v) is 8.36. The third-order valence-corrected chi connectivity index (χ3v) is 6.63. The van der Waals surface area contributed by atoms with Gasteiger partial charge in [0.05, 0.1) is 17.7 Å². The lowest BCUT2D eigenvalue weighted by atomic mass is 9.88. The van der Waals surface area contributed by atoms with Gasteiger partial charge in [-0.05, 0) is 30.4 Å². The molecule has 0 radical (unpaired) electrons. The summed E-state index contributed by atoms with van der Waals surface area (Å²) in [6.07, 6.45) is 0.463. The van der Waals surface area contributed by atoms with Crippen molar-refractivity contribution in [2.45, 2.75) is 42.8 Å². The summed E-state index contributed by atoms with van der Waals surface area (Å²) in [4.78, 5) is 16.4. The van der Waals surface area contributed by atoms with Crippen LogP contribution in [-0.2, 0) is 5.41 Å². The number of urea groups is 1. The molecule has 3 aliphatic rings. The Morgan fingerprint density at radius 3 is 2.38 bits per heavy atom. The summed E-state index contributed by atoms with van der Waals surface area (Å²) in [6, 6.07) is 7.01. The van der Waals surface area contributed by atoms with Gasteiger partial charge in [0.1, 0.15) is 0 Å². The van der Waals surface area contributed by atoms with Gasteiger partial charge in [0.25, 0.3) is 0 Å². The monoisotopic (exact) mass is 405 g/mol. The van der Waals surface area contributed by atoms with E-state index in [1.54, 1.807) is 40.0 Å². The first kappa shape index (κ1) is 18.4. The van der Waals surface area contributed by atoms with Crippen molar-refractivity contribution < 1.29 is 18.0 Å². The smallest absolute Gasteiger partial charge is 0.323 e. The fraction of sp³-hybridized carbons (Fsp3) is 0.550. The summed E-state index contributed by atoms with van der Waals surface area (Å²) < 4.78 is 41.6. The molecular formula is C20H22F3N5O. The molecule has 0 spiro atoms. The SMILES string of the molecule is O=C(N1CC(c2ccc(C3(C(F)(F)F)CC3)cc2)C1)N1CCC(n2ccnn2)C1. The molecule has 2 amide bonds. The molecule has 2 aromatic rings. The molecule has 9 heteroatoms. The van der Waals surface area contributed by atoms with Crippen molar-refractivity contribution in [1.82, 2.24) is 24.8 Å². The highest BCUT2D eigenvalue weighted by molar-refractivity contribution is 5.76. The quantitative estimate of drug-likeness (QED) is 0.787. The maximum atomic E-state index is 13.3. The van der Waals surface area contributed by atoms with E-state index in [1.165, 1.54) is 0 Å². The predicted octanol–water partition coefficient (Wildman–Crippen LogP) is 3.34. The van der Waals surface area contributed by atoms with Crippen molar-refractivity contribution in [2.24, 2.45) is 0 Å². The van der Waals surface area contributed by atoms with E-state index in [4.69, 9.17) is 0 Å². The van der Waals surface area contributed by atoms with Gasteiger partial charge in [-0.1, -0.05) is 29.5 Å². The Morgan fingerprint density at radius 2 is 1.79 bits per heavy atom. The number of amides is 2. The first-order valence-electron chi connectivity index (χ1n) is 9.94. The van der Waals surface area contributed by atoms with Crippen LogP contribution >= 0.6 is 0 Å². The maximum Gasteiger partial charge on any atom is 0.398 e. The van der Waals surface area contributed by atoms with Gasteiger partial charge in [0.15, 0.2) is 0 Å². The van der Waals surface area contributed by atoms with Crippen LogP contribution < -0.4 is 0 Å². The number of hydrogen-bond donors (Lipinski definition) is 0. The number of nitrogens with zero attached hydrogens (tertiary/aromatic N) is 5. The molecule has 1 saturated carbocycles. The van der Waals surface area contributed by atoms with Crippen molar-refractivity contribution in [3.63, 3.8) is 0 Å². The second kappa shape index (κ2) is 6.47. The lowest BCUT2D eigenvalue weighted by molar-refractivity contribution is -0.160. The number of hydrogen-bond acceptors (Lipinski definition) is 3. The fourth-order valence-corrected chi connectivity index (χ4v) is 4.52. The van der Waals surface area contributed by atoms with Gasteiger partial charge in [0, 0.05) is 38.3 Å². The molecule has 1 unspecified atom stereocenters. The molecule has 1 aromatic heterocycles. The molecule has 2 aliphatic heterocycles. The Hall–Kier alpha value is -2.58. The Labute approximate surface area is 166 Å². The summed E-state index contributed by atoms with van der Waals surface area (Å²) >= 11 is 0. The second-order valence-electron chi connectivity index (χ2n) is 8.36. The molecule has 5 rings (SSSR count). The number of aromatic nitrogens is 3. The van der Waals surface area contributed by atoms with Crippen LogP contribution in [0.3, 0.4) is 0 Å². The molecule has 0 N–H and O–H groups in total. The number of carbonyl (C=O) groups is 1. The summed E-state index contributed by atoms with van der Waals surface area (Å²) in [7, 11) is 0. The van der Waals surface area contributed by atoms with Crippen molar-refractivity contribution in [3.05, 3.63) is 47.8 Å². The molecule has 2 saturated heterocycles. The van der Waals surface area contributed by atoms with Gasteiger partial charge in [0.2, 0.25) is 0 Å². The summed E-state index contributed by atoms with van der Waals surface area (Å²) in [5.41, 5.74) is -0.279. The predicted molar refractivity (Wildman–Crippen MR) is 98.4 cm³/mol. The molecule has 29 heavy (non-hydrogen) atoms. The van der Waals surface area contributed by atoms with Gasteiger partial charge in [-0.2, -0.15) is 13.2 Å². The topological polar surface area (TPSA) is 54.3 Å². The number of halogens is 3. The number of alkyl halides is 3. The number of carbonyl (C=O) groups excluding carboxylic acids is 1. The van der Waals surface area contributed by atoms with Crippen molar-refractivity contribution >= 4 is 6.03 Å². The minimum atomic E-state index is -4.19. The van der Waals surface area contributed by atoms with E-state index in [2.05, 4.69) is 10.3 Å². The molecule has 0 bridgehead atoms. The maximum absolute atomic E-state index is 13.3. The van der Waals surface area contributed by atoms with Crippen LogP contribution in [0.2, 0.25) is 0 Å². The summed E-state index contributed by atoms with van der Waals surface area (Å²) in [6.45, 7) is 2.52. The molecule has 1 aromatic carbocycles. The third-order valence-electron chi connectivity index (χ3n) is 6.63. The van der Waals surface area contributed by atoms with E-state index in [0.29, 0.717) is 31.7 Å². The zero-order valence-electron chi connectivity index (χ0n) is 15.8. The van der Waals surface area contributed by atoms with E-state index in [0.717, 1.165) is 12.0 Å². The normalized spacial score (nSPS) is 23.9. The van der Waals surface area contributed by atoms with Crippen LogP contribution in [0, 0.1) is 0 Å². The molecule has 1 aliphatic carbocycles. The molecule has 3 fully saturated rings. The Morgan fingerprint density at radius 1 is 1.07 bits per heavy atom. The number of likely N-dealkylation sites (tertiary alicyclic amines) is 2. The fourth-order valence-electron chi connectivity index (χ4n) is 4.52. The van der Waals surface area contributed by atoms with Crippen LogP contribution in [0.25, 0.3) is 0 Å². The first-order chi connectivity index (χ1) is 13.9. The van der Waals surface area contributed by atoms with Gasteiger partial charge in [-0.3, -0.25) is 0 Å². The van der Waals surface area contributed by atoms with Crippen LogP contribution in [0.5, 0.6) is 0 Å². The average molecular weight is 405 g/mol. The van der Waals surface area contributed by atoms with Crippen LogP contribution in [0.4, 0.5) is 18.0 Å².